The van der Waals surface area contributed by atoms with Crippen molar-refractivity contribution >= 4 is 24.8 Å². The van der Waals surface area contributed by atoms with Gasteiger partial charge in [0.15, 0.2) is 0 Å². The van der Waals surface area contributed by atoms with Gasteiger partial charge in [-0.1, -0.05) is 0 Å². The van der Waals surface area contributed by atoms with Crippen LogP contribution in [0.4, 0.5) is 0 Å². The number of hydrogen-bond acceptors (Lipinski definition) is 3. The normalized spacial score (nSPS) is 7.82. The Hall–Kier alpha value is -0.380. The van der Waals surface area contributed by atoms with Crippen LogP contribution in [0, 0.1) is 6.92 Å². The van der Waals surface area contributed by atoms with Crippen molar-refractivity contribution in [1.82, 2.24) is 9.97 Å². The summed E-state index contributed by atoms with van der Waals surface area (Å²) in [5, 5.41) is 0. The number of hydrogen-bond donors (Lipinski definition) is 1. The third-order valence-electron chi connectivity index (χ3n) is 1.07. The minimum absolute atomic E-state index is 0. The van der Waals surface area contributed by atoms with Crippen LogP contribution in [0.5, 0.6) is 0 Å². The largest absolute Gasteiger partial charge is 0.326 e. The molecular weight excluding hydrogens is 185 g/mol. The van der Waals surface area contributed by atoms with Crippen LogP contribution in [0.1, 0.15) is 11.4 Å². The summed E-state index contributed by atoms with van der Waals surface area (Å²) >= 11 is 0. The van der Waals surface area contributed by atoms with Gasteiger partial charge in [0.05, 0.1) is 0 Å². The van der Waals surface area contributed by atoms with Crippen molar-refractivity contribution in [2.45, 2.75) is 13.5 Å². The molecule has 1 rings (SSSR count). The average molecular weight is 196 g/mol. The van der Waals surface area contributed by atoms with Gasteiger partial charge in [0.25, 0.3) is 0 Å². The number of rotatable bonds is 1. The van der Waals surface area contributed by atoms with Crippen LogP contribution < -0.4 is 5.73 Å². The molecule has 3 nitrogen and oxygen atoms in total. The van der Waals surface area contributed by atoms with Crippen molar-refractivity contribution < 1.29 is 0 Å². The summed E-state index contributed by atoms with van der Waals surface area (Å²) in [4.78, 5) is 7.92. The Bertz CT molecular complexity index is 188. The Morgan fingerprint density at radius 3 is 2.09 bits per heavy atom. The van der Waals surface area contributed by atoms with Gasteiger partial charge in [-0.05, 0) is 6.92 Å². The lowest BCUT2D eigenvalue weighted by Crippen LogP contribution is -1.98. The predicted octanol–water partition coefficient (Wildman–Crippen LogP) is 1.09. The maximum absolute atomic E-state index is 5.32. The number of aryl methyl sites for hydroxylation is 1. The Morgan fingerprint density at radius 2 is 1.73 bits per heavy atom. The smallest absolute Gasteiger partial charge is 0.125 e. The van der Waals surface area contributed by atoms with E-state index in [0.717, 1.165) is 11.4 Å². The summed E-state index contributed by atoms with van der Waals surface area (Å²) in [6.07, 6.45) is 3.48. The molecule has 1 heterocycles. The molecule has 5 heteroatoms. The summed E-state index contributed by atoms with van der Waals surface area (Å²) in [5.74, 6) is 0.784. The fourth-order valence-corrected chi connectivity index (χ4v) is 0.525. The van der Waals surface area contributed by atoms with Crippen LogP contribution in [-0.4, -0.2) is 9.97 Å². The summed E-state index contributed by atoms with van der Waals surface area (Å²) in [7, 11) is 0. The van der Waals surface area contributed by atoms with E-state index in [2.05, 4.69) is 9.97 Å². The van der Waals surface area contributed by atoms with Gasteiger partial charge < -0.3 is 5.73 Å². The van der Waals surface area contributed by atoms with Crippen molar-refractivity contribution in [3.63, 3.8) is 0 Å². The third-order valence-corrected chi connectivity index (χ3v) is 1.07. The summed E-state index contributed by atoms with van der Waals surface area (Å²) in [5.41, 5.74) is 6.29. The third kappa shape index (κ3) is 4.14. The van der Waals surface area contributed by atoms with Crippen molar-refractivity contribution in [2.75, 3.05) is 0 Å². The Balaban J connectivity index is 0. The Morgan fingerprint density at radius 1 is 1.27 bits per heavy atom. The lowest BCUT2D eigenvalue weighted by atomic mass is 10.3. The summed E-state index contributed by atoms with van der Waals surface area (Å²) in [6, 6.07) is 0. The van der Waals surface area contributed by atoms with Crippen molar-refractivity contribution in [1.29, 1.82) is 0 Å². The van der Waals surface area contributed by atoms with Crippen LogP contribution in [-0.2, 0) is 6.54 Å². The molecule has 0 bridgehead atoms. The number of halogens is 2. The molecule has 11 heavy (non-hydrogen) atoms. The fraction of sp³-hybridized carbons (Fsp3) is 0.333. The van der Waals surface area contributed by atoms with Crippen LogP contribution in [0.2, 0.25) is 0 Å². The van der Waals surface area contributed by atoms with Crippen LogP contribution in [0.25, 0.3) is 0 Å². The van der Waals surface area contributed by atoms with E-state index in [0.29, 0.717) is 6.54 Å². The van der Waals surface area contributed by atoms with E-state index in [-0.39, 0.29) is 24.8 Å². The van der Waals surface area contributed by atoms with E-state index < -0.39 is 0 Å². The molecule has 0 spiro atoms. The molecule has 0 aliphatic rings. The van der Waals surface area contributed by atoms with Crippen LogP contribution in [0.15, 0.2) is 12.4 Å². The second kappa shape index (κ2) is 6.34. The highest BCUT2D eigenvalue weighted by atomic mass is 35.5. The van der Waals surface area contributed by atoms with Gasteiger partial charge in [0, 0.05) is 24.5 Å². The van der Waals surface area contributed by atoms with E-state index in [1.165, 1.54) is 0 Å². The van der Waals surface area contributed by atoms with E-state index in [1.54, 1.807) is 12.4 Å². The summed E-state index contributed by atoms with van der Waals surface area (Å²) < 4.78 is 0. The monoisotopic (exact) mass is 195 g/mol. The first-order valence-electron chi connectivity index (χ1n) is 2.80. The van der Waals surface area contributed by atoms with Crippen molar-refractivity contribution in [3.8, 4) is 0 Å². The Kier molecular flexibility index (Phi) is 7.62. The first kappa shape index (κ1) is 13.2. The molecule has 0 aromatic carbocycles. The zero-order chi connectivity index (χ0) is 6.69. The highest BCUT2D eigenvalue weighted by Crippen LogP contribution is 1.91. The quantitative estimate of drug-likeness (QED) is 0.731. The van der Waals surface area contributed by atoms with Gasteiger partial charge in [0.2, 0.25) is 0 Å². The zero-order valence-electron chi connectivity index (χ0n) is 6.15. The van der Waals surface area contributed by atoms with Crippen molar-refractivity contribution in [2.24, 2.45) is 5.73 Å². The minimum atomic E-state index is 0. The SMILES string of the molecule is Cc1ncc(CN)cn1.Cl.Cl. The molecule has 1 aromatic heterocycles. The summed E-state index contributed by atoms with van der Waals surface area (Å²) in [6.45, 7) is 2.36. The van der Waals surface area contributed by atoms with Gasteiger partial charge in [0.1, 0.15) is 5.82 Å². The topological polar surface area (TPSA) is 51.8 Å². The molecule has 0 radical (unpaired) electrons. The van der Waals surface area contributed by atoms with Gasteiger partial charge in [-0.25, -0.2) is 9.97 Å². The minimum Gasteiger partial charge on any atom is -0.326 e. The molecule has 0 aliphatic carbocycles. The average Bonchev–Trinajstić information content (AvgIpc) is 1.90. The fourth-order valence-electron chi connectivity index (χ4n) is 0.525. The molecule has 0 saturated heterocycles. The van der Waals surface area contributed by atoms with E-state index in [9.17, 15) is 0 Å². The molecule has 0 fully saturated rings. The maximum Gasteiger partial charge on any atom is 0.125 e. The highest BCUT2D eigenvalue weighted by molar-refractivity contribution is 5.85. The Labute approximate surface area is 78.2 Å². The highest BCUT2D eigenvalue weighted by Gasteiger charge is 1.87. The van der Waals surface area contributed by atoms with Crippen molar-refractivity contribution in [3.05, 3.63) is 23.8 Å². The molecule has 0 atom stereocenters. The number of nitrogens with two attached hydrogens (primary N) is 1. The molecule has 0 amide bonds. The molecular formula is C6H11Cl2N3. The van der Waals surface area contributed by atoms with E-state index >= 15 is 0 Å². The molecule has 0 saturated carbocycles. The van der Waals surface area contributed by atoms with E-state index in [1.807, 2.05) is 6.92 Å². The molecule has 64 valence electrons. The lowest BCUT2D eigenvalue weighted by molar-refractivity contribution is 0.969. The second-order valence-electron chi connectivity index (χ2n) is 1.84. The van der Waals surface area contributed by atoms with Gasteiger partial charge in [-0.3, -0.25) is 0 Å². The second-order valence-corrected chi connectivity index (χ2v) is 1.84. The molecule has 0 unspecified atom stereocenters. The molecule has 0 aliphatic heterocycles. The van der Waals surface area contributed by atoms with Gasteiger partial charge >= 0.3 is 0 Å². The van der Waals surface area contributed by atoms with Gasteiger partial charge in [-0.15, -0.1) is 24.8 Å². The zero-order valence-corrected chi connectivity index (χ0v) is 7.78. The lowest BCUT2D eigenvalue weighted by Gasteiger charge is -1.92. The predicted molar refractivity (Wildman–Crippen MR) is 49.2 cm³/mol. The standard InChI is InChI=1S/C6H9N3.2ClH/c1-5-8-3-6(2-7)4-9-5;;/h3-4H,2,7H2,1H3;2*1H. The number of nitrogens with zero attached hydrogens (tertiary/aromatic N) is 2. The molecule has 1 aromatic rings. The van der Waals surface area contributed by atoms with Crippen LogP contribution in [0.3, 0.4) is 0 Å². The molecule has 2 N–H and O–H groups in total. The van der Waals surface area contributed by atoms with Gasteiger partial charge in [-0.2, -0.15) is 0 Å². The number of aromatic nitrogens is 2. The first-order chi connectivity index (χ1) is 4.33. The van der Waals surface area contributed by atoms with Crippen LogP contribution >= 0.6 is 24.8 Å². The maximum atomic E-state index is 5.32. The first-order valence-corrected chi connectivity index (χ1v) is 2.80. The van der Waals surface area contributed by atoms with E-state index in [4.69, 9.17) is 5.73 Å².